The predicted molar refractivity (Wildman–Crippen MR) is 97.2 cm³/mol. The number of rotatable bonds is 5. The molecule has 0 aromatic carbocycles. The van der Waals surface area contributed by atoms with Crippen LogP contribution in [0.1, 0.15) is 56.0 Å². The maximum atomic E-state index is 13.0. The van der Waals surface area contributed by atoms with Crippen LogP contribution >= 0.6 is 0 Å². The van der Waals surface area contributed by atoms with Gasteiger partial charge in [0, 0.05) is 29.9 Å². The molecule has 0 unspecified atom stereocenters. The van der Waals surface area contributed by atoms with Gasteiger partial charge in [-0.05, 0) is 51.5 Å². The van der Waals surface area contributed by atoms with E-state index < -0.39 is 11.4 Å². The summed E-state index contributed by atoms with van der Waals surface area (Å²) in [6.45, 7) is 5.80. The van der Waals surface area contributed by atoms with E-state index in [0.717, 1.165) is 29.8 Å². The van der Waals surface area contributed by atoms with Crippen LogP contribution in [0.15, 0.2) is 6.33 Å². The summed E-state index contributed by atoms with van der Waals surface area (Å²) in [4.78, 5) is 35.4. The van der Waals surface area contributed by atoms with E-state index in [2.05, 4.69) is 15.1 Å². The number of hydrogen-bond donors (Lipinski definition) is 1. The van der Waals surface area contributed by atoms with Crippen molar-refractivity contribution in [2.75, 3.05) is 0 Å². The molecule has 144 valence electrons. The molecule has 2 aliphatic heterocycles. The molecule has 0 radical (unpaired) electrons. The summed E-state index contributed by atoms with van der Waals surface area (Å²) in [5.74, 6) is -0.147. The first-order chi connectivity index (χ1) is 12.9. The van der Waals surface area contributed by atoms with Crippen molar-refractivity contribution in [3.8, 4) is 0 Å². The molecule has 2 bridgehead atoms. The van der Waals surface area contributed by atoms with Gasteiger partial charge in [-0.2, -0.15) is 10.1 Å². The zero-order chi connectivity index (χ0) is 19.3. The summed E-state index contributed by atoms with van der Waals surface area (Å²) in [6.07, 6.45) is 5.26. The Kier molecular flexibility index (Phi) is 4.16. The molecular weight excluding hydrogens is 346 g/mol. The van der Waals surface area contributed by atoms with Crippen molar-refractivity contribution in [2.45, 2.75) is 71.4 Å². The fourth-order valence-corrected chi connectivity index (χ4v) is 5.20. The lowest BCUT2D eigenvalue weighted by atomic mass is 9.72. The molecular formula is C19H25N5O3. The first-order valence-electron chi connectivity index (χ1n) is 9.59. The van der Waals surface area contributed by atoms with Gasteiger partial charge < -0.3 is 10.0 Å². The summed E-state index contributed by atoms with van der Waals surface area (Å²) in [5, 5.41) is 14.0. The van der Waals surface area contributed by atoms with Crippen LogP contribution in [0.2, 0.25) is 0 Å². The van der Waals surface area contributed by atoms with Crippen molar-refractivity contribution in [3.05, 3.63) is 23.3 Å². The number of aromatic nitrogens is 4. The van der Waals surface area contributed by atoms with E-state index in [4.69, 9.17) is 0 Å². The Balaban J connectivity index is 1.53. The van der Waals surface area contributed by atoms with Gasteiger partial charge in [-0.1, -0.05) is 6.92 Å². The first-order valence-corrected chi connectivity index (χ1v) is 9.59. The van der Waals surface area contributed by atoms with Crippen LogP contribution in [0.25, 0.3) is 5.78 Å². The highest BCUT2D eigenvalue weighted by molar-refractivity contribution is 5.83. The van der Waals surface area contributed by atoms with Crippen molar-refractivity contribution in [1.29, 1.82) is 0 Å². The number of carbonyl (C=O) groups is 2. The highest BCUT2D eigenvalue weighted by atomic mass is 16.4. The van der Waals surface area contributed by atoms with E-state index in [9.17, 15) is 14.7 Å². The number of aliphatic carboxylic acids is 1. The zero-order valence-corrected chi connectivity index (χ0v) is 16.0. The molecule has 2 aromatic heterocycles. The number of carboxylic acid groups (broad SMARTS) is 1. The maximum Gasteiger partial charge on any atom is 0.311 e. The summed E-state index contributed by atoms with van der Waals surface area (Å²) >= 11 is 0. The molecule has 8 nitrogen and oxygen atoms in total. The van der Waals surface area contributed by atoms with Crippen LogP contribution in [0, 0.1) is 19.3 Å². The number of carbonyl (C=O) groups excluding carboxylic acids is 1. The van der Waals surface area contributed by atoms with Crippen molar-refractivity contribution in [2.24, 2.45) is 5.41 Å². The minimum atomic E-state index is -0.772. The molecule has 4 heterocycles. The first kappa shape index (κ1) is 17.9. The second kappa shape index (κ2) is 6.28. The van der Waals surface area contributed by atoms with E-state index in [0.29, 0.717) is 31.5 Å². The molecule has 4 rings (SSSR count). The van der Waals surface area contributed by atoms with Crippen molar-refractivity contribution >= 4 is 17.7 Å². The molecule has 27 heavy (non-hydrogen) atoms. The molecule has 2 fully saturated rings. The van der Waals surface area contributed by atoms with Gasteiger partial charge in [0.15, 0.2) is 0 Å². The van der Waals surface area contributed by atoms with Gasteiger partial charge in [-0.25, -0.2) is 9.50 Å². The van der Waals surface area contributed by atoms with Crippen molar-refractivity contribution < 1.29 is 14.7 Å². The molecule has 1 N–H and O–H groups in total. The van der Waals surface area contributed by atoms with Crippen LogP contribution in [0.3, 0.4) is 0 Å². The Morgan fingerprint density at radius 1 is 1.33 bits per heavy atom. The number of hydrogen-bond acceptors (Lipinski definition) is 5. The standard InChI is InChI=1S/C19H25N5O3/c1-4-19(17(26)27)9-13-5-7-15(19)23(13)16(25)8-6-14-11(2)22-18-20-10-21-24(18)12(14)3/h10,13,15H,4-9H2,1-3H3,(H,26,27)/t13-,15+,19+/m0/s1. The molecule has 2 saturated heterocycles. The van der Waals surface area contributed by atoms with Crippen LogP contribution in [0.5, 0.6) is 0 Å². The molecule has 8 heteroatoms. The number of amides is 1. The molecule has 2 aliphatic rings. The fraction of sp³-hybridized carbons (Fsp3) is 0.632. The second-order valence-electron chi connectivity index (χ2n) is 7.80. The number of nitrogens with zero attached hydrogens (tertiary/aromatic N) is 5. The van der Waals surface area contributed by atoms with E-state index in [1.165, 1.54) is 6.33 Å². The quantitative estimate of drug-likeness (QED) is 0.862. The Hall–Kier alpha value is -2.51. The normalized spacial score (nSPS) is 26.9. The lowest BCUT2D eigenvalue weighted by Gasteiger charge is -2.32. The van der Waals surface area contributed by atoms with Crippen molar-refractivity contribution in [1.82, 2.24) is 24.5 Å². The summed E-state index contributed by atoms with van der Waals surface area (Å²) in [6, 6.07) is -0.104. The second-order valence-corrected chi connectivity index (χ2v) is 7.80. The minimum Gasteiger partial charge on any atom is -0.481 e. The lowest BCUT2D eigenvalue weighted by molar-refractivity contribution is -0.151. The third-order valence-electron chi connectivity index (χ3n) is 6.66. The minimum absolute atomic E-state index is 0.0524. The van der Waals surface area contributed by atoms with Crippen LogP contribution in [0.4, 0.5) is 0 Å². The Bertz CT molecular complexity index is 923. The van der Waals surface area contributed by atoms with Gasteiger partial charge in [0.05, 0.1) is 5.41 Å². The van der Waals surface area contributed by atoms with Gasteiger partial charge in [-0.3, -0.25) is 9.59 Å². The highest BCUT2D eigenvalue weighted by Crippen LogP contribution is 2.52. The summed E-state index contributed by atoms with van der Waals surface area (Å²) in [7, 11) is 0. The van der Waals surface area contributed by atoms with E-state index in [1.807, 2.05) is 25.7 Å². The highest BCUT2D eigenvalue weighted by Gasteiger charge is 2.60. The monoisotopic (exact) mass is 371 g/mol. The van der Waals surface area contributed by atoms with Crippen molar-refractivity contribution in [3.63, 3.8) is 0 Å². The number of carboxylic acids is 1. The van der Waals surface area contributed by atoms with Crippen LogP contribution in [-0.2, 0) is 16.0 Å². The third-order valence-corrected chi connectivity index (χ3v) is 6.66. The number of aryl methyl sites for hydroxylation is 2. The zero-order valence-electron chi connectivity index (χ0n) is 16.0. The Morgan fingerprint density at radius 2 is 2.11 bits per heavy atom. The van der Waals surface area contributed by atoms with Crippen LogP contribution in [-0.4, -0.2) is 53.5 Å². The van der Waals surface area contributed by atoms with Gasteiger partial charge in [-0.15, -0.1) is 0 Å². The van der Waals surface area contributed by atoms with Gasteiger partial charge in [0.2, 0.25) is 5.91 Å². The maximum absolute atomic E-state index is 13.0. The van der Waals surface area contributed by atoms with Gasteiger partial charge in [0.1, 0.15) is 6.33 Å². The molecule has 3 atom stereocenters. The molecule has 2 aromatic rings. The number of fused-ring (bicyclic) bond motifs is 3. The molecule has 0 spiro atoms. The Morgan fingerprint density at radius 3 is 2.78 bits per heavy atom. The van der Waals surface area contributed by atoms with Gasteiger partial charge >= 0.3 is 5.97 Å². The summed E-state index contributed by atoms with van der Waals surface area (Å²) < 4.78 is 1.69. The van der Waals surface area contributed by atoms with E-state index >= 15 is 0 Å². The topological polar surface area (TPSA) is 101 Å². The molecule has 0 aliphatic carbocycles. The average Bonchev–Trinajstić information content (AvgIpc) is 3.34. The van der Waals surface area contributed by atoms with E-state index in [-0.39, 0.29) is 18.0 Å². The third kappa shape index (κ3) is 2.53. The molecule has 1 amide bonds. The fourth-order valence-electron chi connectivity index (χ4n) is 5.20. The molecule has 0 saturated carbocycles. The summed E-state index contributed by atoms with van der Waals surface area (Å²) in [5.41, 5.74) is 2.04. The van der Waals surface area contributed by atoms with Gasteiger partial charge in [0.25, 0.3) is 5.78 Å². The SMILES string of the molecule is CC[C@@]1(C(=O)O)C[C@@H]2CC[C@H]1N2C(=O)CCc1c(C)nc2ncnn2c1C. The van der Waals surface area contributed by atoms with E-state index in [1.54, 1.807) is 4.52 Å². The Labute approximate surface area is 157 Å². The average molecular weight is 371 g/mol. The lowest BCUT2D eigenvalue weighted by Crippen LogP contribution is -2.44. The smallest absolute Gasteiger partial charge is 0.311 e. The largest absolute Gasteiger partial charge is 0.481 e. The predicted octanol–water partition coefficient (Wildman–Crippen LogP) is 1.92. The van der Waals surface area contributed by atoms with Crippen LogP contribution < -0.4 is 0 Å².